The van der Waals surface area contributed by atoms with Crippen molar-refractivity contribution in [1.82, 2.24) is 20.9 Å². The lowest BCUT2D eigenvalue weighted by Crippen LogP contribution is -2.53. The molecular weight excluding hydrogens is 388 g/mol. The SMILES string of the molecule is CC(C)C[C@H](NC(=O)OC1CNC1)C(=O)CN(C[C@@H]1CCNC1=O)C(=O)CCl. The van der Waals surface area contributed by atoms with E-state index in [2.05, 4.69) is 16.0 Å². The highest BCUT2D eigenvalue weighted by Crippen LogP contribution is 2.14. The van der Waals surface area contributed by atoms with Crippen LogP contribution in [0, 0.1) is 11.8 Å². The number of ether oxygens (including phenoxy) is 1. The van der Waals surface area contributed by atoms with Crippen LogP contribution in [-0.2, 0) is 19.1 Å². The van der Waals surface area contributed by atoms with Gasteiger partial charge in [-0.3, -0.25) is 14.4 Å². The van der Waals surface area contributed by atoms with E-state index in [-0.39, 0.29) is 48.6 Å². The van der Waals surface area contributed by atoms with Crippen molar-refractivity contribution in [1.29, 1.82) is 0 Å². The minimum Gasteiger partial charge on any atom is -0.444 e. The smallest absolute Gasteiger partial charge is 0.408 e. The van der Waals surface area contributed by atoms with E-state index >= 15 is 0 Å². The summed E-state index contributed by atoms with van der Waals surface area (Å²) in [5.41, 5.74) is 0. The molecule has 2 saturated heterocycles. The second-order valence-electron chi connectivity index (χ2n) is 7.66. The summed E-state index contributed by atoms with van der Waals surface area (Å²) in [6, 6.07) is -0.774. The summed E-state index contributed by atoms with van der Waals surface area (Å²) in [5, 5.41) is 8.34. The molecule has 3 N–H and O–H groups in total. The fourth-order valence-corrected chi connectivity index (χ4v) is 3.31. The molecule has 0 spiro atoms. The molecule has 2 atom stereocenters. The van der Waals surface area contributed by atoms with E-state index in [4.69, 9.17) is 16.3 Å². The molecule has 0 aliphatic carbocycles. The fraction of sp³-hybridized carbons (Fsp3) is 0.778. The van der Waals surface area contributed by atoms with Crippen LogP contribution in [0.3, 0.4) is 0 Å². The Labute approximate surface area is 169 Å². The number of halogens is 1. The standard InChI is InChI=1S/C18H29ClN4O5/c1-11(2)5-14(22-18(27)28-13-7-20-8-13)15(24)10-23(16(25)6-19)9-12-3-4-21-17(12)26/h11-14,20H,3-10H2,1-2H3,(H,21,26)(H,22,27)/t12-,14-/m0/s1. The molecule has 0 aromatic rings. The Balaban J connectivity index is 1.98. The first-order valence-corrected chi connectivity index (χ1v) is 10.2. The number of carbonyl (C=O) groups excluding carboxylic acids is 4. The molecule has 2 aliphatic heterocycles. The van der Waals surface area contributed by atoms with Gasteiger partial charge in [-0.2, -0.15) is 0 Å². The first-order valence-electron chi connectivity index (χ1n) is 9.62. The maximum absolute atomic E-state index is 12.8. The molecule has 0 radical (unpaired) electrons. The van der Waals surface area contributed by atoms with Gasteiger partial charge < -0.3 is 25.6 Å². The van der Waals surface area contributed by atoms with E-state index in [9.17, 15) is 19.2 Å². The van der Waals surface area contributed by atoms with Crippen LogP contribution in [-0.4, -0.2) is 79.3 Å². The molecule has 0 bridgehead atoms. The number of nitrogens with zero attached hydrogens (tertiary/aromatic N) is 1. The first-order chi connectivity index (χ1) is 13.3. The maximum Gasteiger partial charge on any atom is 0.408 e. The van der Waals surface area contributed by atoms with E-state index in [0.717, 1.165) is 0 Å². The molecule has 2 aliphatic rings. The monoisotopic (exact) mass is 416 g/mol. The number of ketones is 1. The summed E-state index contributed by atoms with van der Waals surface area (Å²) >= 11 is 5.68. The number of hydrogen-bond acceptors (Lipinski definition) is 6. The maximum atomic E-state index is 12.8. The van der Waals surface area contributed by atoms with Gasteiger partial charge in [-0.1, -0.05) is 13.8 Å². The summed E-state index contributed by atoms with van der Waals surface area (Å²) in [5.74, 6) is -1.34. The minimum absolute atomic E-state index is 0.130. The van der Waals surface area contributed by atoms with Crippen molar-refractivity contribution in [3.63, 3.8) is 0 Å². The molecule has 3 amide bonds. The lowest BCUT2D eigenvalue weighted by atomic mass is 9.99. The minimum atomic E-state index is -0.774. The zero-order valence-corrected chi connectivity index (χ0v) is 17.1. The van der Waals surface area contributed by atoms with Crippen LogP contribution >= 0.6 is 11.6 Å². The summed E-state index contributed by atoms with van der Waals surface area (Å²) in [4.78, 5) is 50.2. The van der Waals surface area contributed by atoms with E-state index in [0.29, 0.717) is 32.5 Å². The van der Waals surface area contributed by atoms with Crippen LogP contribution in [0.4, 0.5) is 4.79 Å². The van der Waals surface area contributed by atoms with Gasteiger partial charge in [-0.25, -0.2) is 4.79 Å². The predicted octanol–water partition coefficient (Wildman–Crippen LogP) is -0.128. The Kier molecular flexibility index (Phi) is 8.50. The average molecular weight is 417 g/mol. The number of Topliss-reactive ketones (excluding diaryl/α,β-unsaturated/α-hetero) is 1. The quantitative estimate of drug-likeness (QED) is 0.427. The van der Waals surface area contributed by atoms with Crippen molar-refractivity contribution >= 4 is 35.3 Å². The zero-order valence-electron chi connectivity index (χ0n) is 16.3. The number of hydrogen-bond donors (Lipinski definition) is 3. The predicted molar refractivity (Wildman–Crippen MR) is 103 cm³/mol. The Bertz CT molecular complexity index is 597. The van der Waals surface area contributed by atoms with Crippen LogP contribution in [0.2, 0.25) is 0 Å². The highest BCUT2D eigenvalue weighted by Gasteiger charge is 2.32. The molecule has 2 heterocycles. The number of rotatable bonds is 10. The lowest BCUT2D eigenvalue weighted by Gasteiger charge is -2.29. The van der Waals surface area contributed by atoms with E-state index in [1.54, 1.807) is 0 Å². The Hall–Kier alpha value is -1.87. The lowest BCUT2D eigenvalue weighted by molar-refractivity contribution is -0.135. The zero-order chi connectivity index (χ0) is 20.7. The molecule has 10 heteroatoms. The molecule has 158 valence electrons. The molecule has 0 saturated carbocycles. The first kappa shape index (κ1) is 22.4. The van der Waals surface area contributed by atoms with Gasteiger partial charge in [0.2, 0.25) is 11.8 Å². The van der Waals surface area contributed by atoms with Crippen molar-refractivity contribution in [2.75, 3.05) is 38.6 Å². The highest BCUT2D eigenvalue weighted by molar-refractivity contribution is 6.27. The van der Waals surface area contributed by atoms with Gasteiger partial charge in [0.15, 0.2) is 5.78 Å². The van der Waals surface area contributed by atoms with Crippen LogP contribution < -0.4 is 16.0 Å². The molecule has 9 nitrogen and oxygen atoms in total. The highest BCUT2D eigenvalue weighted by atomic mass is 35.5. The summed E-state index contributed by atoms with van der Waals surface area (Å²) in [6.07, 6.45) is 0.193. The third kappa shape index (κ3) is 6.63. The second-order valence-corrected chi connectivity index (χ2v) is 7.93. The molecule has 0 aromatic heterocycles. The fourth-order valence-electron chi connectivity index (χ4n) is 3.14. The van der Waals surface area contributed by atoms with Crippen molar-refractivity contribution < 1.29 is 23.9 Å². The van der Waals surface area contributed by atoms with Gasteiger partial charge >= 0.3 is 6.09 Å². The Morgan fingerprint density at radius 2 is 2.04 bits per heavy atom. The Morgan fingerprint density at radius 1 is 1.32 bits per heavy atom. The average Bonchev–Trinajstić information content (AvgIpc) is 3.00. The number of amides is 3. The largest absolute Gasteiger partial charge is 0.444 e. The molecule has 0 aromatic carbocycles. The molecule has 28 heavy (non-hydrogen) atoms. The van der Waals surface area contributed by atoms with Gasteiger partial charge in [-0.15, -0.1) is 11.6 Å². The van der Waals surface area contributed by atoms with Crippen molar-refractivity contribution in [2.45, 2.75) is 38.8 Å². The van der Waals surface area contributed by atoms with Crippen LogP contribution in [0.25, 0.3) is 0 Å². The molecule has 2 rings (SSSR count). The van der Waals surface area contributed by atoms with Gasteiger partial charge in [0.1, 0.15) is 12.0 Å². The van der Waals surface area contributed by atoms with Crippen LogP contribution in [0.1, 0.15) is 26.7 Å². The van der Waals surface area contributed by atoms with Crippen LogP contribution in [0.5, 0.6) is 0 Å². The van der Waals surface area contributed by atoms with E-state index in [1.807, 2.05) is 13.8 Å². The third-order valence-corrected chi connectivity index (χ3v) is 5.05. The number of nitrogens with one attached hydrogen (secondary N) is 3. The topological polar surface area (TPSA) is 117 Å². The van der Waals surface area contributed by atoms with Crippen molar-refractivity contribution in [2.24, 2.45) is 11.8 Å². The Morgan fingerprint density at radius 3 is 2.54 bits per heavy atom. The molecule has 2 fully saturated rings. The summed E-state index contributed by atoms with van der Waals surface area (Å²) in [6.45, 7) is 5.55. The van der Waals surface area contributed by atoms with Crippen molar-refractivity contribution in [3.05, 3.63) is 0 Å². The van der Waals surface area contributed by atoms with Gasteiger partial charge in [0.05, 0.1) is 18.5 Å². The number of carbonyl (C=O) groups is 4. The number of alkyl halides is 1. The van der Waals surface area contributed by atoms with Gasteiger partial charge in [0.25, 0.3) is 0 Å². The third-order valence-electron chi connectivity index (χ3n) is 4.82. The molecular formula is C18H29ClN4O5. The van der Waals surface area contributed by atoms with Gasteiger partial charge in [0, 0.05) is 26.2 Å². The second kappa shape index (κ2) is 10.6. The van der Waals surface area contributed by atoms with Gasteiger partial charge in [-0.05, 0) is 18.8 Å². The number of alkyl carbamates (subject to hydrolysis) is 1. The van der Waals surface area contributed by atoms with E-state index in [1.165, 1.54) is 4.90 Å². The normalized spacial score (nSPS) is 20.3. The van der Waals surface area contributed by atoms with E-state index < -0.39 is 18.0 Å². The van der Waals surface area contributed by atoms with Crippen LogP contribution in [0.15, 0.2) is 0 Å². The van der Waals surface area contributed by atoms with Crippen molar-refractivity contribution in [3.8, 4) is 0 Å². The summed E-state index contributed by atoms with van der Waals surface area (Å²) < 4.78 is 5.22. The molecule has 0 unspecified atom stereocenters. The summed E-state index contributed by atoms with van der Waals surface area (Å²) in [7, 11) is 0.